The average molecular weight is 549 g/mol. The Morgan fingerprint density at radius 1 is 0.882 bits per heavy atom. The Bertz CT molecular complexity index is 906. The summed E-state index contributed by atoms with van der Waals surface area (Å²) in [5.41, 5.74) is 0.960. The Morgan fingerprint density at radius 3 is 2.15 bits per heavy atom. The number of rotatable bonds is 15. The second kappa shape index (κ2) is 16.0. The summed E-state index contributed by atoms with van der Waals surface area (Å²) in [4.78, 5) is 5.21. The number of hydrogen-bond acceptors (Lipinski definition) is 5. The quantitative estimate of drug-likeness (QED) is 0.127. The highest BCUT2D eigenvalue weighted by molar-refractivity contribution is 6.55. The molecule has 0 amide bonds. The lowest BCUT2D eigenvalue weighted by Crippen LogP contribution is -2.02. The molecule has 2 rings (SSSR count). The second-order valence-corrected chi connectivity index (χ2v) is 9.59. The smallest absolute Gasteiger partial charge is 0.156 e. The summed E-state index contributed by atoms with van der Waals surface area (Å²) in [6.07, 6.45) is 5.91. The lowest BCUT2D eigenvalue weighted by atomic mass is 10.2. The summed E-state index contributed by atoms with van der Waals surface area (Å²) in [6.45, 7) is 6.10. The molecule has 5 nitrogen and oxygen atoms in total. The number of nitrogens with zero attached hydrogens (tertiary/aromatic N) is 1. The van der Waals surface area contributed by atoms with E-state index >= 15 is 0 Å². The molecule has 0 unspecified atom stereocenters. The first-order valence-corrected chi connectivity index (χ1v) is 12.5. The standard InChI is InChI=1S/C25H29Cl4NO4/c1-18(2)17-34-30-16-19-6-8-20(9-7-19)31-11-4-3-5-12-33-25-22(26)14-21(15-23(25)27)32-13-10-24(28)29/h6-10,14-16,18H,3-5,11-13,17H2,1-2H3. The fraction of sp³-hybridized carbons (Fsp3) is 0.400. The van der Waals surface area contributed by atoms with E-state index in [0.717, 1.165) is 30.6 Å². The van der Waals surface area contributed by atoms with E-state index in [1.54, 1.807) is 18.3 Å². The first-order valence-electron chi connectivity index (χ1n) is 11.0. The van der Waals surface area contributed by atoms with Crippen LogP contribution in [0, 0.1) is 5.92 Å². The molecule has 186 valence electrons. The summed E-state index contributed by atoms with van der Waals surface area (Å²) >= 11 is 23.7. The maximum absolute atomic E-state index is 6.27. The Kier molecular flexibility index (Phi) is 13.4. The molecular weight excluding hydrogens is 520 g/mol. The van der Waals surface area contributed by atoms with E-state index in [9.17, 15) is 0 Å². The van der Waals surface area contributed by atoms with Crippen molar-refractivity contribution in [2.24, 2.45) is 11.1 Å². The van der Waals surface area contributed by atoms with E-state index in [0.29, 0.717) is 47.3 Å². The monoisotopic (exact) mass is 547 g/mol. The molecule has 0 fully saturated rings. The normalized spacial score (nSPS) is 11.0. The third kappa shape index (κ3) is 11.6. The van der Waals surface area contributed by atoms with Crippen molar-refractivity contribution in [1.82, 2.24) is 0 Å². The summed E-state index contributed by atoms with van der Waals surface area (Å²) in [5, 5.41) is 4.72. The summed E-state index contributed by atoms with van der Waals surface area (Å²) in [6, 6.07) is 11.0. The van der Waals surface area contributed by atoms with Gasteiger partial charge in [0.05, 0.1) is 29.5 Å². The molecule has 0 aliphatic carbocycles. The predicted molar refractivity (Wildman–Crippen MR) is 141 cm³/mol. The van der Waals surface area contributed by atoms with Gasteiger partial charge < -0.3 is 19.0 Å². The number of hydrogen-bond donors (Lipinski definition) is 0. The van der Waals surface area contributed by atoms with Crippen LogP contribution in [0.25, 0.3) is 0 Å². The van der Waals surface area contributed by atoms with Gasteiger partial charge in [-0.3, -0.25) is 0 Å². The van der Waals surface area contributed by atoms with Crippen molar-refractivity contribution >= 4 is 52.6 Å². The Hall–Kier alpha value is -1.79. The highest BCUT2D eigenvalue weighted by atomic mass is 35.5. The van der Waals surface area contributed by atoms with Crippen molar-refractivity contribution in [3.63, 3.8) is 0 Å². The first-order chi connectivity index (χ1) is 16.3. The average Bonchev–Trinajstić information content (AvgIpc) is 2.78. The lowest BCUT2D eigenvalue weighted by molar-refractivity contribution is 0.120. The third-order valence-corrected chi connectivity index (χ3v) is 5.20. The highest BCUT2D eigenvalue weighted by Crippen LogP contribution is 2.37. The van der Waals surface area contributed by atoms with Crippen molar-refractivity contribution in [2.45, 2.75) is 33.1 Å². The minimum Gasteiger partial charge on any atom is -0.494 e. The lowest BCUT2D eigenvalue weighted by Gasteiger charge is -2.12. The van der Waals surface area contributed by atoms with Crippen LogP contribution in [0.5, 0.6) is 17.2 Å². The number of oxime groups is 1. The molecule has 0 bridgehead atoms. The first kappa shape index (κ1) is 28.4. The minimum absolute atomic E-state index is 0.133. The molecule has 0 radical (unpaired) electrons. The molecule has 0 saturated heterocycles. The molecule has 2 aromatic carbocycles. The number of ether oxygens (including phenoxy) is 3. The zero-order valence-corrected chi connectivity index (χ0v) is 22.3. The highest BCUT2D eigenvalue weighted by Gasteiger charge is 2.10. The maximum atomic E-state index is 6.27. The van der Waals surface area contributed by atoms with E-state index in [1.165, 1.54) is 6.08 Å². The van der Waals surface area contributed by atoms with Crippen molar-refractivity contribution < 1.29 is 19.0 Å². The van der Waals surface area contributed by atoms with Crippen LogP contribution in [0.4, 0.5) is 0 Å². The molecule has 0 saturated carbocycles. The van der Waals surface area contributed by atoms with Crippen LogP contribution in [-0.4, -0.2) is 32.6 Å². The van der Waals surface area contributed by atoms with E-state index < -0.39 is 0 Å². The van der Waals surface area contributed by atoms with Gasteiger partial charge in [-0.1, -0.05) is 65.4 Å². The van der Waals surface area contributed by atoms with E-state index in [2.05, 4.69) is 19.0 Å². The molecular formula is C25H29Cl4NO4. The van der Waals surface area contributed by atoms with Crippen LogP contribution < -0.4 is 14.2 Å². The molecule has 2 aromatic rings. The van der Waals surface area contributed by atoms with Gasteiger partial charge in [-0.25, -0.2) is 0 Å². The van der Waals surface area contributed by atoms with E-state index in [4.69, 9.17) is 65.5 Å². The number of halogens is 4. The minimum atomic E-state index is 0.133. The van der Waals surface area contributed by atoms with Crippen LogP contribution in [-0.2, 0) is 4.84 Å². The molecule has 0 atom stereocenters. The van der Waals surface area contributed by atoms with Crippen molar-refractivity contribution in [2.75, 3.05) is 26.4 Å². The van der Waals surface area contributed by atoms with Gasteiger partial charge in [-0.2, -0.15) is 0 Å². The molecule has 34 heavy (non-hydrogen) atoms. The Labute approximate surface area is 221 Å². The van der Waals surface area contributed by atoms with Crippen molar-refractivity contribution in [3.05, 3.63) is 62.6 Å². The van der Waals surface area contributed by atoms with Crippen LogP contribution in [0.2, 0.25) is 10.0 Å². The van der Waals surface area contributed by atoms with Crippen molar-refractivity contribution in [1.29, 1.82) is 0 Å². The molecule has 0 spiro atoms. The van der Waals surface area contributed by atoms with E-state index in [-0.39, 0.29) is 11.1 Å². The number of unbranched alkanes of at least 4 members (excludes halogenated alkanes) is 2. The summed E-state index contributed by atoms with van der Waals surface area (Å²) in [5.74, 6) is 2.22. The van der Waals surface area contributed by atoms with Gasteiger partial charge in [0.1, 0.15) is 29.2 Å². The van der Waals surface area contributed by atoms with Crippen LogP contribution in [0.3, 0.4) is 0 Å². The zero-order valence-electron chi connectivity index (χ0n) is 19.2. The predicted octanol–water partition coefficient (Wildman–Crippen LogP) is 8.33. The summed E-state index contributed by atoms with van der Waals surface area (Å²) < 4.78 is 17.2. The van der Waals surface area contributed by atoms with Gasteiger partial charge in [-0.05, 0) is 61.1 Å². The molecule has 0 aliphatic heterocycles. The van der Waals surface area contributed by atoms with Crippen molar-refractivity contribution in [3.8, 4) is 17.2 Å². The molecule has 0 aromatic heterocycles. The topological polar surface area (TPSA) is 49.3 Å². The molecule has 0 aliphatic rings. The SMILES string of the molecule is CC(C)CON=Cc1ccc(OCCCCCOc2c(Cl)cc(OCC=C(Cl)Cl)cc2Cl)cc1. The van der Waals surface area contributed by atoms with Gasteiger partial charge in [0, 0.05) is 12.1 Å². The fourth-order valence-corrected chi connectivity index (χ4v) is 3.35. The zero-order chi connectivity index (χ0) is 24.8. The van der Waals surface area contributed by atoms with E-state index in [1.807, 2.05) is 24.3 Å². The molecule has 0 N–H and O–H groups in total. The fourth-order valence-electron chi connectivity index (χ4n) is 2.64. The van der Waals surface area contributed by atoms with Gasteiger partial charge in [0.2, 0.25) is 0 Å². The van der Waals surface area contributed by atoms with Crippen LogP contribution in [0.1, 0.15) is 38.7 Å². The maximum Gasteiger partial charge on any atom is 0.156 e. The van der Waals surface area contributed by atoms with Gasteiger partial charge in [0.15, 0.2) is 5.75 Å². The number of benzene rings is 2. The van der Waals surface area contributed by atoms with Gasteiger partial charge in [0.25, 0.3) is 0 Å². The summed E-state index contributed by atoms with van der Waals surface area (Å²) in [7, 11) is 0. The third-order valence-electron chi connectivity index (χ3n) is 4.33. The Morgan fingerprint density at radius 2 is 1.53 bits per heavy atom. The van der Waals surface area contributed by atoms with Crippen LogP contribution >= 0.6 is 46.4 Å². The van der Waals surface area contributed by atoms with Crippen LogP contribution in [0.15, 0.2) is 52.1 Å². The molecule has 9 heteroatoms. The largest absolute Gasteiger partial charge is 0.494 e. The Balaban J connectivity index is 1.63. The molecule has 0 heterocycles. The second-order valence-electron chi connectivity index (χ2n) is 7.77. The van der Waals surface area contributed by atoms with Gasteiger partial charge >= 0.3 is 0 Å². The van der Waals surface area contributed by atoms with Gasteiger partial charge in [-0.15, -0.1) is 0 Å².